The number of hydrogen-bond donors (Lipinski definition) is 3. The first-order valence-corrected chi connectivity index (χ1v) is 13.5. The summed E-state index contributed by atoms with van der Waals surface area (Å²) in [5, 5.41) is 13.3. The van der Waals surface area contributed by atoms with Crippen molar-refractivity contribution in [2.45, 2.75) is 70.4 Å². The Kier molecular flexibility index (Phi) is 7.84. The first-order chi connectivity index (χ1) is 17.2. The van der Waals surface area contributed by atoms with Crippen LogP contribution in [-0.2, 0) is 0 Å². The summed E-state index contributed by atoms with van der Waals surface area (Å²) in [7, 11) is 0. The maximum absolute atomic E-state index is 6.44. The Hall–Kier alpha value is -2.64. The molecule has 1 aromatic heterocycles. The van der Waals surface area contributed by atoms with Crippen LogP contribution in [0.3, 0.4) is 0 Å². The van der Waals surface area contributed by atoms with Crippen LogP contribution >= 0.6 is 11.6 Å². The Morgan fingerprint density at radius 2 is 1.60 bits per heavy atom. The predicted molar refractivity (Wildman–Crippen MR) is 146 cm³/mol. The molecule has 1 saturated heterocycles. The summed E-state index contributed by atoms with van der Waals surface area (Å²) in [5.74, 6) is 1.78. The number of halogens is 1. The number of likely N-dealkylation sites (N-methyl/N-ethyl adjacent to an activating group) is 1. The molecule has 1 aliphatic carbocycles. The first-order valence-electron chi connectivity index (χ1n) is 13.1. The van der Waals surface area contributed by atoms with E-state index >= 15 is 0 Å². The number of nitrogens with zero attached hydrogens (tertiary/aromatic N) is 4. The van der Waals surface area contributed by atoms with Gasteiger partial charge in [0.25, 0.3) is 0 Å². The summed E-state index contributed by atoms with van der Waals surface area (Å²) >= 11 is 6.44. The highest BCUT2D eigenvalue weighted by Crippen LogP contribution is 2.31. The highest BCUT2D eigenvalue weighted by Gasteiger charge is 2.23. The molecule has 2 aromatic carbocycles. The van der Waals surface area contributed by atoms with Crippen molar-refractivity contribution < 1.29 is 0 Å². The summed E-state index contributed by atoms with van der Waals surface area (Å²) in [5.41, 5.74) is 0.926. The number of nitrogens with one attached hydrogen (secondary N) is 3. The van der Waals surface area contributed by atoms with Gasteiger partial charge in [0, 0.05) is 40.1 Å². The van der Waals surface area contributed by atoms with Crippen molar-refractivity contribution >= 4 is 45.9 Å². The lowest BCUT2D eigenvalue weighted by Gasteiger charge is -2.23. The summed E-state index contributed by atoms with van der Waals surface area (Å²) in [6.45, 7) is 5.32. The zero-order chi connectivity index (χ0) is 24.0. The minimum atomic E-state index is 0.405. The molecule has 1 saturated carbocycles. The Morgan fingerprint density at radius 1 is 0.857 bits per heavy atom. The fourth-order valence-electron chi connectivity index (χ4n) is 5.43. The van der Waals surface area contributed by atoms with E-state index < -0.39 is 0 Å². The van der Waals surface area contributed by atoms with Crippen LogP contribution in [0.15, 0.2) is 36.4 Å². The van der Waals surface area contributed by atoms with Gasteiger partial charge in [-0.2, -0.15) is 15.0 Å². The molecular formula is C27H36ClN7. The smallest absolute Gasteiger partial charge is 0.233 e. The second-order valence-corrected chi connectivity index (χ2v) is 10.1. The molecule has 3 N–H and O–H groups in total. The number of benzene rings is 2. The number of anilines is 4. The summed E-state index contributed by atoms with van der Waals surface area (Å²) in [6.07, 6.45) is 9.92. The molecule has 3 aromatic rings. The minimum Gasteiger partial charge on any atom is -0.352 e. The molecule has 1 aliphatic heterocycles. The number of hydrogen-bond acceptors (Lipinski definition) is 7. The van der Waals surface area contributed by atoms with Gasteiger partial charge in [-0.1, -0.05) is 68.5 Å². The molecule has 5 rings (SSSR count). The van der Waals surface area contributed by atoms with E-state index in [9.17, 15) is 0 Å². The van der Waals surface area contributed by atoms with E-state index in [2.05, 4.69) is 33.8 Å². The topological polar surface area (TPSA) is 78.0 Å². The number of rotatable bonds is 8. The molecule has 186 valence electrons. The third-order valence-corrected chi connectivity index (χ3v) is 7.67. The van der Waals surface area contributed by atoms with Gasteiger partial charge in [-0.3, -0.25) is 4.90 Å². The quantitative estimate of drug-likeness (QED) is 0.311. The highest BCUT2D eigenvalue weighted by molar-refractivity contribution is 6.36. The van der Waals surface area contributed by atoms with E-state index in [1.807, 2.05) is 30.3 Å². The van der Waals surface area contributed by atoms with E-state index in [0.717, 1.165) is 47.4 Å². The Morgan fingerprint density at radius 3 is 2.40 bits per heavy atom. The second-order valence-electron chi connectivity index (χ2n) is 9.71. The van der Waals surface area contributed by atoms with Gasteiger partial charge in [-0.25, -0.2) is 0 Å². The number of aromatic nitrogens is 3. The van der Waals surface area contributed by atoms with Crippen molar-refractivity contribution in [3.63, 3.8) is 0 Å². The highest BCUT2D eigenvalue weighted by atomic mass is 35.5. The van der Waals surface area contributed by atoms with Crippen molar-refractivity contribution in [3.05, 3.63) is 41.4 Å². The molecule has 7 nitrogen and oxygen atoms in total. The Balaban J connectivity index is 1.40. The fraction of sp³-hybridized carbons (Fsp3) is 0.519. The lowest BCUT2D eigenvalue weighted by Crippen LogP contribution is -2.35. The minimum absolute atomic E-state index is 0.405. The SMILES string of the molecule is CCN1CCCC1CNc1nc(Nc2ccc(Cl)c3ccccc23)nc(NC2CCCCCC2)n1. The van der Waals surface area contributed by atoms with E-state index in [1.54, 1.807) is 0 Å². The number of likely N-dealkylation sites (tertiary alicyclic amines) is 1. The van der Waals surface area contributed by atoms with Crippen molar-refractivity contribution in [1.82, 2.24) is 19.9 Å². The average molecular weight is 494 g/mol. The molecule has 2 heterocycles. The molecule has 0 radical (unpaired) electrons. The number of fused-ring (bicyclic) bond motifs is 1. The lowest BCUT2D eigenvalue weighted by molar-refractivity contribution is 0.277. The molecule has 35 heavy (non-hydrogen) atoms. The van der Waals surface area contributed by atoms with Crippen LogP contribution in [0, 0.1) is 0 Å². The summed E-state index contributed by atoms with van der Waals surface area (Å²) in [6, 6.07) is 12.9. The summed E-state index contributed by atoms with van der Waals surface area (Å²) < 4.78 is 0. The molecule has 0 amide bonds. The normalized spacial score (nSPS) is 19.5. The van der Waals surface area contributed by atoms with Crippen LogP contribution in [-0.4, -0.2) is 51.6 Å². The van der Waals surface area contributed by atoms with Crippen molar-refractivity contribution in [3.8, 4) is 0 Å². The largest absolute Gasteiger partial charge is 0.352 e. The van der Waals surface area contributed by atoms with Crippen LogP contribution in [0.5, 0.6) is 0 Å². The molecule has 1 atom stereocenters. The van der Waals surface area contributed by atoms with Crippen molar-refractivity contribution in [1.29, 1.82) is 0 Å². The van der Waals surface area contributed by atoms with Crippen LogP contribution in [0.4, 0.5) is 23.5 Å². The van der Waals surface area contributed by atoms with Crippen molar-refractivity contribution in [2.24, 2.45) is 0 Å². The zero-order valence-electron chi connectivity index (χ0n) is 20.6. The maximum Gasteiger partial charge on any atom is 0.233 e. The van der Waals surface area contributed by atoms with Gasteiger partial charge < -0.3 is 16.0 Å². The molecule has 0 spiro atoms. The van der Waals surface area contributed by atoms with Gasteiger partial charge >= 0.3 is 0 Å². The van der Waals surface area contributed by atoms with Gasteiger partial charge in [0.1, 0.15) is 0 Å². The standard InChI is InChI=1S/C27H36ClN7/c1-2-35-17-9-12-20(35)18-29-25-32-26(30-19-10-5-3-4-6-11-19)34-27(33-25)31-24-16-15-23(28)21-13-7-8-14-22(21)24/h7-8,13-16,19-20H,2-6,9-12,17-18H2,1H3,(H3,29,30,31,32,33,34). The third kappa shape index (κ3) is 5.96. The molecule has 1 unspecified atom stereocenters. The van der Waals surface area contributed by atoms with Gasteiger partial charge in [-0.15, -0.1) is 0 Å². The van der Waals surface area contributed by atoms with Gasteiger partial charge in [0.15, 0.2) is 0 Å². The monoisotopic (exact) mass is 493 g/mol. The van der Waals surface area contributed by atoms with Gasteiger partial charge in [0.05, 0.1) is 0 Å². The predicted octanol–water partition coefficient (Wildman–Crippen LogP) is 6.45. The van der Waals surface area contributed by atoms with Crippen LogP contribution in [0.2, 0.25) is 5.02 Å². The van der Waals surface area contributed by atoms with Gasteiger partial charge in [0.2, 0.25) is 17.8 Å². The van der Waals surface area contributed by atoms with E-state index in [1.165, 1.54) is 45.1 Å². The second kappa shape index (κ2) is 11.4. The zero-order valence-corrected chi connectivity index (χ0v) is 21.3. The lowest BCUT2D eigenvalue weighted by atomic mass is 10.1. The Bertz CT molecular complexity index is 1130. The van der Waals surface area contributed by atoms with E-state index in [0.29, 0.717) is 29.9 Å². The van der Waals surface area contributed by atoms with E-state index in [4.69, 9.17) is 26.6 Å². The summed E-state index contributed by atoms with van der Waals surface area (Å²) in [4.78, 5) is 16.8. The van der Waals surface area contributed by atoms with Crippen LogP contribution < -0.4 is 16.0 Å². The third-order valence-electron chi connectivity index (χ3n) is 7.34. The Labute approximate surface area is 213 Å². The molecule has 8 heteroatoms. The molecule has 2 aliphatic rings. The molecule has 0 bridgehead atoms. The fourth-order valence-corrected chi connectivity index (χ4v) is 5.65. The van der Waals surface area contributed by atoms with Crippen LogP contribution in [0.1, 0.15) is 58.3 Å². The molecular weight excluding hydrogens is 458 g/mol. The van der Waals surface area contributed by atoms with Gasteiger partial charge in [-0.05, 0) is 50.9 Å². The van der Waals surface area contributed by atoms with Crippen molar-refractivity contribution in [2.75, 3.05) is 35.6 Å². The van der Waals surface area contributed by atoms with Crippen LogP contribution in [0.25, 0.3) is 10.8 Å². The maximum atomic E-state index is 6.44. The molecule has 2 fully saturated rings. The average Bonchev–Trinajstić information content (AvgIpc) is 3.19. The van der Waals surface area contributed by atoms with E-state index in [-0.39, 0.29) is 0 Å². The first kappa shape index (κ1) is 24.1.